The number of carbonyl (C=O) groups is 1. The Balaban J connectivity index is 3.12. The van der Waals surface area contributed by atoms with E-state index in [2.05, 4.69) is 56.0 Å². The van der Waals surface area contributed by atoms with Crippen LogP contribution in [0.4, 0.5) is 0 Å². The largest absolute Gasteiger partial charge is 0.388 e. The van der Waals surface area contributed by atoms with Gasteiger partial charge in [0.25, 0.3) is 0 Å². The number of allylic oxidation sites excluding steroid dienone is 7. The highest BCUT2D eigenvalue weighted by Crippen LogP contribution is 2.31. The quantitative estimate of drug-likeness (QED) is 0.287. The zero-order valence-corrected chi connectivity index (χ0v) is 20.3. The monoisotopic (exact) mass is 427 g/mol. The molecule has 1 aliphatic rings. The molecule has 0 aromatic heterocycles. The van der Waals surface area contributed by atoms with Crippen molar-refractivity contribution >= 4 is 17.7 Å². The number of aliphatic hydroxyl groups is 1. The number of carbonyl (C=O) groups excluding carboxylic acids is 1. The maximum Gasteiger partial charge on any atom is 0.247 e. The lowest BCUT2D eigenvalue weighted by Crippen LogP contribution is -2.48. The normalized spacial score (nSPS) is 19.7. The van der Waals surface area contributed by atoms with Crippen LogP contribution in [0, 0.1) is 23.7 Å². The van der Waals surface area contributed by atoms with Gasteiger partial charge in [-0.15, -0.1) is 11.8 Å². The molecule has 0 aromatic rings. The highest BCUT2D eigenvalue weighted by molar-refractivity contribution is 8.05. The van der Waals surface area contributed by atoms with Crippen LogP contribution in [-0.4, -0.2) is 22.7 Å². The Kier molecular flexibility index (Phi) is 10.5. The fourth-order valence-electron chi connectivity index (χ4n) is 2.74. The van der Waals surface area contributed by atoms with Crippen LogP contribution in [0.5, 0.6) is 0 Å². The van der Waals surface area contributed by atoms with E-state index < -0.39 is 5.60 Å². The Bertz CT molecular complexity index is 812. The van der Waals surface area contributed by atoms with Gasteiger partial charge in [0.2, 0.25) is 5.91 Å². The summed E-state index contributed by atoms with van der Waals surface area (Å²) in [7, 11) is 0. The molecule has 1 heterocycles. The Labute approximate surface area is 187 Å². The average molecular weight is 428 g/mol. The predicted molar refractivity (Wildman–Crippen MR) is 131 cm³/mol. The van der Waals surface area contributed by atoms with Crippen molar-refractivity contribution in [2.45, 2.75) is 73.0 Å². The van der Waals surface area contributed by atoms with E-state index in [1.54, 1.807) is 38.6 Å². The van der Waals surface area contributed by atoms with Gasteiger partial charge in [-0.25, -0.2) is 0 Å². The fraction of sp³-hybridized carbons (Fsp3) is 0.500. The summed E-state index contributed by atoms with van der Waals surface area (Å²) in [4.78, 5) is 14.1. The average Bonchev–Trinajstić information content (AvgIpc) is 2.69. The second-order valence-electron chi connectivity index (χ2n) is 8.34. The molecule has 0 bridgehead atoms. The molecule has 3 nitrogen and oxygen atoms in total. The smallest absolute Gasteiger partial charge is 0.247 e. The van der Waals surface area contributed by atoms with Crippen LogP contribution in [0.25, 0.3) is 0 Å². The summed E-state index contributed by atoms with van der Waals surface area (Å²) < 4.78 is 0. The molecule has 0 spiro atoms. The van der Waals surface area contributed by atoms with Crippen molar-refractivity contribution in [3.63, 3.8) is 0 Å². The van der Waals surface area contributed by atoms with Crippen molar-refractivity contribution in [1.82, 2.24) is 5.32 Å². The summed E-state index contributed by atoms with van der Waals surface area (Å²) in [5, 5.41) is 15.2. The molecule has 2 N–H and O–H groups in total. The van der Waals surface area contributed by atoms with Gasteiger partial charge in [-0.2, -0.15) is 0 Å². The molecule has 0 fully saturated rings. The molecule has 4 heteroatoms. The summed E-state index contributed by atoms with van der Waals surface area (Å²) in [5.74, 6) is 6.76. The highest BCUT2D eigenvalue weighted by Gasteiger charge is 2.26. The van der Waals surface area contributed by atoms with Gasteiger partial charge >= 0.3 is 0 Å². The van der Waals surface area contributed by atoms with Crippen LogP contribution in [0.2, 0.25) is 0 Å². The number of amides is 1. The van der Waals surface area contributed by atoms with Crippen LogP contribution >= 0.6 is 11.8 Å². The number of hydrogen-bond donors (Lipinski definition) is 2. The molecule has 3 unspecified atom stereocenters. The van der Waals surface area contributed by atoms with E-state index in [0.717, 1.165) is 24.0 Å². The zero-order chi connectivity index (χ0) is 22.9. The van der Waals surface area contributed by atoms with E-state index >= 15 is 0 Å². The van der Waals surface area contributed by atoms with Crippen molar-refractivity contribution in [1.29, 1.82) is 0 Å². The molecule has 0 aromatic carbocycles. The van der Waals surface area contributed by atoms with Gasteiger partial charge in [-0.3, -0.25) is 4.79 Å². The SMILES string of the molecule is C=CC(C#CC1=CSC(C)=CC1CC)=CC=C(C(=O)NC(C)C(C)(C)O)C(C)CC. The first-order valence-electron chi connectivity index (χ1n) is 10.7. The number of rotatable bonds is 8. The van der Waals surface area contributed by atoms with E-state index in [4.69, 9.17) is 0 Å². The van der Waals surface area contributed by atoms with Gasteiger partial charge in [0.05, 0.1) is 11.6 Å². The second kappa shape index (κ2) is 12.0. The molecule has 30 heavy (non-hydrogen) atoms. The molecular weight excluding hydrogens is 390 g/mol. The van der Waals surface area contributed by atoms with E-state index in [1.165, 1.54) is 4.91 Å². The minimum Gasteiger partial charge on any atom is -0.388 e. The lowest BCUT2D eigenvalue weighted by Gasteiger charge is -2.27. The van der Waals surface area contributed by atoms with Crippen molar-refractivity contribution in [2.24, 2.45) is 11.8 Å². The second-order valence-corrected chi connectivity index (χ2v) is 9.45. The lowest BCUT2D eigenvalue weighted by molar-refractivity contribution is -0.120. The molecular formula is C26H37NO2S. The van der Waals surface area contributed by atoms with Crippen molar-refractivity contribution < 1.29 is 9.90 Å². The van der Waals surface area contributed by atoms with Gasteiger partial charge in [-0.1, -0.05) is 57.4 Å². The molecule has 0 saturated heterocycles. The van der Waals surface area contributed by atoms with Crippen LogP contribution in [0.15, 0.2) is 57.9 Å². The Hall–Kier alpha value is -1.96. The molecule has 1 aliphatic heterocycles. The summed E-state index contributed by atoms with van der Waals surface area (Å²) >= 11 is 1.71. The molecule has 1 rings (SSSR count). The van der Waals surface area contributed by atoms with E-state index in [-0.39, 0.29) is 17.9 Å². The Morgan fingerprint density at radius 3 is 2.57 bits per heavy atom. The summed E-state index contributed by atoms with van der Waals surface area (Å²) in [6.07, 6.45) is 9.52. The summed E-state index contributed by atoms with van der Waals surface area (Å²) in [6, 6.07) is -0.363. The third-order valence-electron chi connectivity index (χ3n) is 5.47. The highest BCUT2D eigenvalue weighted by atomic mass is 32.2. The van der Waals surface area contributed by atoms with E-state index in [9.17, 15) is 9.90 Å². The Morgan fingerprint density at radius 1 is 1.37 bits per heavy atom. The standard InChI is InChI=1S/C26H37NO2S/c1-9-18(4)24(25(28)27-20(6)26(7,8)29)15-13-21(10-2)12-14-23-17-30-19(5)16-22(23)11-3/h10,13,15-18,20,22,29H,2,9,11H2,1,3-8H3,(H,27,28). The minimum atomic E-state index is -0.988. The molecule has 3 atom stereocenters. The van der Waals surface area contributed by atoms with Crippen LogP contribution in [-0.2, 0) is 4.79 Å². The Morgan fingerprint density at radius 2 is 2.03 bits per heavy atom. The van der Waals surface area contributed by atoms with Gasteiger partial charge in [0.1, 0.15) is 0 Å². The molecule has 164 valence electrons. The third-order valence-corrected chi connectivity index (χ3v) is 6.35. The number of nitrogens with one attached hydrogen (secondary N) is 1. The predicted octanol–water partition coefficient (Wildman–Crippen LogP) is 5.91. The first-order valence-corrected chi connectivity index (χ1v) is 11.6. The van der Waals surface area contributed by atoms with Crippen LogP contribution in [0.1, 0.15) is 61.3 Å². The molecule has 0 aliphatic carbocycles. The molecule has 0 radical (unpaired) electrons. The molecule has 0 saturated carbocycles. The van der Waals surface area contributed by atoms with E-state index in [0.29, 0.717) is 11.5 Å². The number of hydrogen-bond acceptors (Lipinski definition) is 3. The minimum absolute atomic E-state index is 0.0873. The van der Waals surface area contributed by atoms with Gasteiger partial charge in [0, 0.05) is 22.6 Å². The maximum absolute atomic E-state index is 12.8. The molecule has 1 amide bonds. The maximum atomic E-state index is 12.8. The van der Waals surface area contributed by atoms with Crippen LogP contribution in [0.3, 0.4) is 0 Å². The third kappa shape index (κ3) is 8.05. The summed E-state index contributed by atoms with van der Waals surface area (Å²) in [5.41, 5.74) is 1.57. The zero-order valence-electron chi connectivity index (χ0n) is 19.5. The summed E-state index contributed by atoms with van der Waals surface area (Å²) in [6.45, 7) is 17.4. The van der Waals surface area contributed by atoms with Gasteiger partial charge in [0.15, 0.2) is 0 Å². The van der Waals surface area contributed by atoms with Crippen molar-refractivity contribution in [3.8, 4) is 11.8 Å². The van der Waals surface area contributed by atoms with Gasteiger partial charge < -0.3 is 10.4 Å². The number of thioether (sulfide) groups is 1. The fourth-order valence-corrected chi connectivity index (χ4v) is 3.53. The van der Waals surface area contributed by atoms with Gasteiger partial charge in [-0.05, 0) is 62.8 Å². The first-order chi connectivity index (χ1) is 14.0. The lowest BCUT2D eigenvalue weighted by atomic mass is 9.94. The van der Waals surface area contributed by atoms with E-state index in [1.807, 2.05) is 19.1 Å². The first kappa shape index (κ1) is 26.1. The van der Waals surface area contributed by atoms with Crippen molar-refractivity contribution in [2.75, 3.05) is 0 Å². The topological polar surface area (TPSA) is 49.3 Å². The van der Waals surface area contributed by atoms with Crippen LogP contribution < -0.4 is 5.32 Å². The van der Waals surface area contributed by atoms with Crippen molar-refractivity contribution in [3.05, 3.63) is 57.9 Å².